The fourth-order valence-corrected chi connectivity index (χ4v) is 3.32. The Kier molecular flexibility index (Phi) is 7.20. The van der Waals surface area contributed by atoms with E-state index in [-0.39, 0.29) is 30.5 Å². The highest BCUT2D eigenvalue weighted by Gasteiger charge is 2.39. The average Bonchev–Trinajstić information content (AvgIpc) is 2.98. The maximum Gasteiger partial charge on any atom is 0.278 e. The average molecular weight is 445 g/mol. The summed E-state index contributed by atoms with van der Waals surface area (Å²) in [6.45, 7) is 4.20. The standard InChI is InChI=1S/C23H25ClN2O5/c1-14(2)31-12-11-26-22(27)20(15-5-7-16(24)8-6-15)21(23(26)28)25-18-10-9-17(29-3)13-19(18)30-4/h5-10,13-14,25H,11-12H2,1-4H3. The fraction of sp³-hybridized carbons (Fsp3) is 0.304. The molecule has 1 heterocycles. The summed E-state index contributed by atoms with van der Waals surface area (Å²) in [5.41, 5.74) is 1.56. The van der Waals surface area contributed by atoms with Crippen molar-refractivity contribution in [3.8, 4) is 11.5 Å². The van der Waals surface area contributed by atoms with Crippen molar-refractivity contribution in [2.75, 3.05) is 32.7 Å². The minimum Gasteiger partial charge on any atom is -0.497 e. The van der Waals surface area contributed by atoms with Crippen LogP contribution >= 0.6 is 11.6 Å². The van der Waals surface area contributed by atoms with E-state index in [2.05, 4.69) is 5.32 Å². The number of anilines is 1. The van der Waals surface area contributed by atoms with Crippen molar-refractivity contribution in [1.29, 1.82) is 0 Å². The van der Waals surface area contributed by atoms with Crippen LogP contribution < -0.4 is 14.8 Å². The number of carbonyl (C=O) groups is 2. The first-order chi connectivity index (χ1) is 14.8. The van der Waals surface area contributed by atoms with E-state index in [4.69, 9.17) is 25.8 Å². The van der Waals surface area contributed by atoms with Gasteiger partial charge in [0.1, 0.15) is 17.2 Å². The molecule has 0 aromatic heterocycles. The fourth-order valence-electron chi connectivity index (χ4n) is 3.20. The van der Waals surface area contributed by atoms with E-state index in [9.17, 15) is 9.59 Å². The molecule has 0 spiro atoms. The zero-order valence-electron chi connectivity index (χ0n) is 17.9. The molecule has 1 aliphatic heterocycles. The van der Waals surface area contributed by atoms with E-state index in [1.807, 2.05) is 13.8 Å². The molecule has 0 saturated heterocycles. The molecule has 0 unspecified atom stereocenters. The Bertz CT molecular complexity index is 1000. The van der Waals surface area contributed by atoms with Crippen molar-refractivity contribution in [3.05, 3.63) is 58.7 Å². The maximum absolute atomic E-state index is 13.2. The van der Waals surface area contributed by atoms with Crippen molar-refractivity contribution in [2.24, 2.45) is 0 Å². The monoisotopic (exact) mass is 444 g/mol. The van der Waals surface area contributed by atoms with E-state index < -0.39 is 11.8 Å². The highest BCUT2D eigenvalue weighted by atomic mass is 35.5. The van der Waals surface area contributed by atoms with Crippen LogP contribution in [0.1, 0.15) is 19.4 Å². The van der Waals surface area contributed by atoms with Crippen LogP contribution in [-0.2, 0) is 14.3 Å². The number of amides is 2. The Morgan fingerprint density at radius 1 is 1.00 bits per heavy atom. The summed E-state index contributed by atoms with van der Waals surface area (Å²) >= 11 is 6.01. The van der Waals surface area contributed by atoms with E-state index in [0.717, 1.165) is 0 Å². The molecule has 3 rings (SSSR count). The van der Waals surface area contributed by atoms with Crippen molar-refractivity contribution < 1.29 is 23.8 Å². The third kappa shape index (κ3) is 5.00. The third-order valence-electron chi connectivity index (χ3n) is 4.74. The smallest absolute Gasteiger partial charge is 0.278 e. The molecule has 2 aromatic rings. The molecule has 1 aliphatic rings. The number of benzene rings is 2. The predicted molar refractivity (Wildman–Crippen MR) is 119 cm³/mol. The molecular weight excluding hydrogens is 420 g/mol. The summed E-state index contributed by atoms with van der Waals surface area (Å²) in [6.07, 6.45) is -0.00217. The summed E-state index contributed by atoms with van der Waals surface area (Å²) in [5.74, 6) is 0.259. The number of hydrogen-bond acceptors (Lipinski definition) is 6. The van der Waals surface area contributed by atoms with Gasteiger partial charge in [-0.3, -0.25) is 14.5 Å². The Morgan fingerprint density at radius 2 is 1.71 bits per heavy atom. The van der Waals surface area contributed by atoms with Crippen molar-refractivity contribution in [3.63, 3.8) is 0 Å². The van der Waals surface area contributed by atoms with Gasteiger partial charge in [0.05, 0.1) is 44.7 Å². The van der Waals surface area contributed by atoms with Crippen LogP contribution in [0.15, 0.2) is 48.2 Å². The zero-order valence-corrected chi connectivity index (χ0v) is 18.7. The molecule has 2 aromatic carbocycles. The Balaban J connectivity index is 2.00. The lowest BCUT2D eigenvalue weighted by molar-refractivity contribution is -0.137. The minimum atomic E-state index is -0.430. The van der Waals surface area contributed by atoms with Crippen LogP contribution in [0.25, 0.3) is 5.57 Å². The van der Waals surface area contributed by atoms with E-state index in [1.54, 1.807) is 49.6 Å². The van der Waals surface area contributed by atoms with Gasteiger partial charge in [0.2, 0.25) is 0 Å². The Hall–Kier alpha value is -3.03. The van der Waals surface area contributed by atoms with Gasteiger partial charge >= 0.3 is 0 Å². The van der Waals surface area contributed by atoms with Crippen LogP contribution in [0.2, 0.25) is 5.02 Å². The van der Waals surface area contributed by atoms with Crippen LogP contribution in [0.3, 0.4) is 0 Å². The summed E-state index contributed by atoms with van der Waals surface area (Å²) in [4.78, 5) is 27.6. The van der Waals surface area contributed by atoms with Gasteiger partial charge in [-0.25, -0.2) is 0 Å². The summed E-state index contributed by atoms with van der Waals surface area (Å²) in [7, 11) is 3.07. The molecule has 0 aliphatic carbocycles. The highest BCUT2D eigenvalue weighted by molar-refractivity contribution is 6.37. The van der Waals surface area contributed by atoms with Crippen LogP contribution in [0.4, 0.5) is 5.69 Å². The molecule has 1 N–H and O–H groups in total. The first-order valence-corrected chi connectivity index (χ1v) is 10.2. The number of nitrogens with one attached hydrogen (secondary N) is 1. The third-order valence-corrected chi connectivity index (χ3v) is 4.99. The van der Waals surface area contributed by atoms with E-state index >= 15 is 0 Å². The first-order valence-electron chi connectivity index (χ1n) is 9.82. The molecule has 0 atom stereocenters. The Labute approximate surface area is 186 Å². The second-order valence-electron chi connectivity index (χ2n) is 7.13. The molecule has 164 valence electrons. The van der Waals surface area contributed by atoms with Gasteiger partial charge in [-0.2, -0.15) is 0 Å². The zero-order chi connectivity index (χ0) is 22.5. The Morgan fingerprint density at radius 3 is 2.32 bits per heavy atom. The number of methoxy groups -OCH3 is 2. The van der Waals surface area contributed by atoms with Gasteiger partial charge in [0, 0.05) is 11.1 Å². The molecule has 0 fully saturated rings. The number of carbonyl (C=O) groups excluding carboxylic acids is 2. The lowest BCUT2D eigenvalue weighted by atomic mass is 10.0. The molecule has 8 heteroatoms. The van der Waals surface area contributed by atoms with Gasteiger partial charge in [-0.15, -0.1) is 0 Å². The quantitative estimate of drug-likeness (QED) is 0.589. The van der Waals surface area contributed by atoms with E-state index in [0.29, 0.717) is 27.8 Å². The molecular formula is C23H25ClN2O5. The topological polar surface area (TPSA) is 77.1 Å². The van der Waals surface area contributed by atoms with Crippen molar-refractivity contribution in [1.82, 2.24) is 4.90 Å². The summed E-state index contributed by atoms with van der Waals surface area (Å²) < 4.78 is 16.2. The van der Waals surface area contributed by atoms with Crippen molar-refractivity contribution in [2.45, 2.75) is 20.0 Å². The summed E-state index contributed by atoms with van der Waals surface area (Å²) in [5, 5.41) is 3.63. The molecule has 31 heavy (non-hydrogen) atoms. The number of imide groups is 1. The van der Waals surface area contributed by atoms with Crippen molar-refractivity contribution >= 4 is 34.7 Å². The number of halogens is 1. The predicted octanol–water partition coefficient (Wildman–Crippen LogP) is 3.97. The van der Waals surface area contributed by atoms with Crippen LogP contribution in [0, 0.1) is 0 Å². The largest absolute Gasteiger partial charge is 0.497 e. The van der Waals surface area contributed by atoms with Gasteiger partial charge in [0.25, 0.3) is 11.8 Å². The maximum atomic E-state index is 13.2. The minimum absolute atomic E-state index is 0.00217. The van der Waals surface area contributed by atoms with Crippen LogP contribution in [-0.4, -0.2) is 50.2 Å². The molecule has 0 radical (unpaired) electrons. The lowest BCUT2D eigenvalue weighted by Crippen LogP contribution is -2.35. The van der Waals surface area contributed by atoms with Gasteiger partial charge in [-0.05, 0) is 43.7 Å². The lowest BCUT2D eigenvalue weighted by Gasteiger charge is -2.17. The molecule has 0 bridgehead atoms. The number of rotatable bonds is 9. The van der Waals surface area contributed by atoms with Gasteiger partial charge in [-0.1, -0.05) is 23.7 Å². The first kappa shape index (κ1) is 22.7. The second-order valence-corrected chi connectivity index (χ2v) is 7.57. The van der Waals surface area contributed by atoms with E-state index in [1.165, 1.54) is 12.0 Å². The highest BCUT2D eigenvalue weighted by Crippen LogP contribution is 2.35. The number of ether oxygens (including phenoxy) is 3. The van der Waals surface area contributed by atoms with Gasteiger partial charge < -0.3 is 19.5 Å². The SMILES string of the molecule is COc1ccc(NC2=C(c3ccc(Cl)cc3)C(=O)N(CCOC(C)C)C2=O)c(OC)c1. The van der Waals surface area contributed by atoms with Gasteiger partial charge in [0.15, 0.2) is 0 Å². The molecule has 7 nitrogen and oxygen atoms in total. The normalized spacial score (nSPS) is 13.9. The molecule has 0 saturated carbocycles. The number of hydrogen-bond donors (Lipinski definition) is 1. The number of nitrogens with zero attached hydrogens (tertiary/aromatic N) is 1. The molecule has 2 amide bonds. The van der Waals surface area contributed by atoms with Crippen LogP contribution in [0.5, 0.6) is 11.5 Å². The summed E-state index contributed by atoms with van der Waals surface area (Å²) in [6, 6.07) is 11.9. The second kappa shape index (κ2) is 9.85.